The largest absolute Gasteiger partial charge is 0.399 e. The quantitative estimate of drug-likeness (QED) is 0.587. The first-order chi connectivity index (χ1) is 5.68. The van der Waals surface area contributed by atoms with E-state index in [1.165, 1.54) is 16.5 Å². The molecule has 2 nitrogen and oxygen atoms in total. The number of hydrogen-bond donors (Lipinski definition) is 1. The summed E-state index contributed by atoms with van der Waals surface area (Å²) >= 11 is 0. The Hall–Kier alpha value is -1.44. The molecule has 0 aliphatic carbocycles. The summed E-state index contributed by atoms with van der Waals surface area (Å²) in [5, 5.41) is 1.28. The van der Waals surface area contributed by atoms with Crippen LogP contribution in [0.25, 0.3) is 10.9 Å². The Morgan fingerprint density at radius 2 is 2.08 bits per heavy atom. The lowest BCUT2D eigenvalue weighted by atomic mass is 10.1. The number of rotatable bonds is 0. The van der Waals surface area contributed by atoms with Gasteiger partial charge in [0.15, 0.2) is 0 Å². The third-order valence-electron chi connectivity index (χ3n) is 2.23. The molecule has 0 amide bonds. The average Bonchev–Trinajstić information content (AvgIpc) is 2.33. The van der Waals surface area contributed by atoms with E-state index >= 15 is 0 Å². The molecule has 2 heteroatoms. The average molecular weight is 160 g/mol. The monoisotopic (exact) mass is 160 g/mol. The fraction of sp³-hybridized carbons (Fsp3) is 0.200. The Bertz CT molecular complexity index is 427. The van der Waals surface area contributed by atoms with Crippen LogP contribution in [0.5, 0.6) is 0 Å². The van der Waals surface area contributed by atoms with Crippen LogP contribution < -0.4 is 5.73 Å². The van der Waals surface area contributed by atoms with Gasteiger partial charge in [0.1, 0.15) is 0 Å². The van der Waals surface area contributed by atoms with Gasteiger partial charge in [0.25, 0.3) is 0 Å². The topological polar surface area (TPSA) is 30.9 Å². The van der Waals surface area contributed by atoms with E-state index < -0.39 is 0 Å². The van der Waals surface area contributed by atoms with Crippen LogP contribution in [0.1, 0.15) is 5.56 Å². The van der Waals surface area contributed by atoms with E-state index in [1.54, 1.807) is 0 Å². The maximum absolute atomic E-state index is 5.74. The molecule has 1 heterocycles. The van der Waals surface area contributed by atoms with Gasteiger partial charge < -0.3 is 10.3 Å². The predicted octanol–water partition coefficient (Wildman–Crippen LogP) is 2.07. The minimum absolute atomic E-state index is 0.835. The number of nitrogen functional groups attached to an aromatic ring is 1. The second kappa shape index (κ2) is 2.27. The summed E-state index contributed by atoms with van der Waals surface area (Å²) in [6.07, 6.45) is 2.05. The first-order valence-corrected chi connectivity index (χ1v) is 3.99. The van der Waals surface area contributed by atoms with Crippen molar-refractivity contribution in [2.45, 2.75) is 6.92 Å². The SMILES string of the molecule is Cc1cc(N)cc2c1ccn2C. The minimum Gasteiger partial charge on any atom is -0.399 e. The van der Waals surface area contributed by atoms with Crippen molar-refractivity contribution in [3.05, 3.63) is 30.0 Å². The Labute approximate surface area is 71.6 Å². The third-order valence-corrected chi connectivity index (χ3v) is 2.23. The van der Waals surface area contributed by atoms with E-state index in [9.17, 15) is 0 Å². The number of aryl methyl sites for hydroxylation is 2. The number of anilines is 1. The molecule has 1 aromatic heterocycles. The van der Waals surface area contributed by atoms with Gasteiger partial charge >= 0.3 is 0 Å². The maximum Gasteiger partial charge on any atom is 0.0500 e. The molecular formula is C10H12N2. The summed E-state index contributed by atoms with van der Waals surface area (Å²) in [5.41, 5.74) is 9.02. The van der Waals surface area contributed by atoms with Crippen molar-refractivity contribution in [1.82, 2.24) is 4.57 Å². The van der Waals surface area contributed by atoms with Gasteiger partial charge in [0.2, 0.25) is 0 Å². The first-order valence-electron chi connectivity index (χ1n) is 3.99. The van der Waals surface area contributed by atoms with Crippen molar-refractivity contribution in [3.8, 4) is 0 Å². The fourth-order valence-electron chi connectivity index (χ4n) is 1.58. The highest BCUT2D eigenvalue weighted by Crippen LogP contribution is 2.21. The van der Waals surface area contributed by atoms with Gasteiger partial charge in [-0.1, -0.05) is 0 Å². The van der Waals surface area contributed by atoms with Crippen LogP contribution in [0.15, 0.2) is 24.4 Å². The zero-order valence-corrected chi connectivity index (χ0v) is 7.33. The van der Waals surface area contributed by atoms with Gasteiger partial charge in [-0.3, -0.25) is 0 Å². The molecule has 0 aliphatic rings. The van der Waals surface area contributed by atoms with Crippen LogP contribution in [-0.4, -0.2) is 4.57 Å². The van der Waals surface area contributed by atoms with Crippen molar-refractivity contribution < 1.29 is 0 Å². The molecular weight excluding hydrogens is 148 g/mol. The van der Waals surface area contributed by atoms with Crippen LogP contribution in [0, 0.1) is 6.92 Å². The lowest BCUT2D eigenvalue weighted by molar-refractivity contribution is 0.969. The Kier molecular flexibility index (Phi) is 1.37. The molecule has 2 rings (SSSR count). The van der Waals surface area contributed by atoms with E-state index in [2.05, 4.69) is 23.8 Å². The van der Waals surface area contributed by atoms with Crippen LogP contribution in [0.2, 0.25) is 0 Å². The summed E-state index contributed by atoms with van der Waals surface area (Å²) in [4.78, 5) is 0. The molecule has 0 atom stereocenters. The van der Waals surface area contributed by atoms with Crippen LogP contribution in [0.4, 0.5) is 5.69 Å². The van der Waals surface area contributed by atoms with E-state index in [1.807, 2.05) is 19.2 Å². The zero-order chi connectivity index (χ0) is 8.72. The minimum atomic E-state index is 0.835. The van der Waals surface area contributed by atoms with E-state index in [0.29, 0.717) is 0 Å². The van der Waals surface area contributed by atoms with Crippen LogP contribution in [0.3, 0.4) is 0 Å². The molecule has 0 unspecified atom stereocenters. The molecule has 2 N–H and O–H groups in total. The van der Waals surface area contributed by atoms with Crippen LogP contribution in [-0.2, 0) is 7.05 Å². The third kappa shape index (κ3) is 0.881. The van der Waals surface area contributed by atoms with Crippen LogP contribution >= 0.6 is 0 Å². The van der Waals surface area contributed by atoms with Gasteiger partial charge in [-0.2, -0.15) is 0 Å². The maximum atomic E-state index is 5.74. The highest BCUT2D eigenvalue weighted by atomic mass is 14.9. The predicted molar refractivity (Wildman–Crippen MR) is 52.1 cm³/mol. The van der Waals surface area contributed by atoms with Crippen molar-refractivity contribution in [3.63, 3.8) is 0 Å². The number of nitrogens with two attached hydrogens (primary N) is 1. The van der Waals surface area contributed by atoms with Gasteiger partial charge in [-0.25, -0.2) is 0 Å². The highest BCUT2D eigenvalue weighted by molar-refractivity contribution is 5.86. The highest BCUT2D eigenvalue weighted by Gasteiger charge is 2.01. The lowest BCUT2D eigenvalue weighted by Crippen LogP contribution is -1.89. The van der Waals surface area contributed by atoms with Crippen molar-refractivity contribution in [2.24, 2.45) is 7.05 Å². The summed E-state index contributed by atoms with van der Waals surface area (Å²) in [6, 6.07) is 6.12. The van der Waals surface area contributed by atoms with Gasteiger partial charge in [0, 0.05) is 24.3 Å². The van der Waals surface area contributed by atoms with E-state index in [0.717, 1.165) is 5.69 Å². The number of fused-ring (bicyclic) bond motifs is 1. The smallest absolute Gasteiger partial charge is 0.0500 e. The first kappa shape index (κ1) is 7.22. The second-order valence-electron chi connectivity index (χ2n) is 3.20. The van der Waals surface area contributed by atoms with E-state index in [-0.39, 0.29) is 0 Å². The Morgan fingerprint density at radius 3 is 2.83 bits per heavy atom. The van der Waals surface area contributed by atoms with Gasteiger partial charge in [-0.05, 0) is 30.7 Å². The molecule has 0 spiro atoms. The molecule has 0 radical (unpaired) electrons. The number of aromatic nitrogens is 1. The summed E-state index contributed by atoms with van der Waals surface area (Å²) in [7, 11) is 2.03. The van der Waals surface area contributed by atoms with Gasteiger partial charge in [0.05, 0.1) is 5.52 Å². The number of hydrogen-bond acceptors (Lipinski definition) is 1. The van der Waals surface area contributed by atoms with Crippen molar-refractivity contribution >= 4 is 16.6 Å². The molecule has 0 bridgehead atoms. The Morgan fingerprint density at radius 1 is 1.33 bits per heavy atom. The fourth-order valence-corrected chi connectivity index (χ4v) is 1.58. The normalized spacial score (nSPS) is 10.8. The molecule has 0 saturated heterocycles. The van der Waals surface area contributed by atoms with Crippen molar-refractivity contribution in [2.75, 3.05) is 5.73 Å². The molecule has 1 aromatic carbocycles. The number of nitrogens with zero attached hydrogens (tertiary/aromatic N) is 1. The molecule has 0 saturated carbocycles. The summed E-state index contributed by atoms with van der Waals surface area (Å²) < 4.78 is 2.08. The second-order valence-corrected chi connectivity index (χ2v) is 3.20. The summed E-state index contributed by atoms with van der Waals surface area (Å²) in [6.45, 7) is 2.08. The Balaban J connectivity index is 2.92. The lowest BCUT2D eigenvalue weighted by Gasteiger charge is -2.01. The molecule has 0 aliphatic heterocycles. The summed E-state index contributed by atoms with van der Waals surface area (Å²) in [5.74, 6) is 0. The van der Waals surface area contributed by atoms with Crippen molar-refractivity contribution in [1.29, 1.82) is 0 Å². The standard InChI is InChI=1S/C10H12N2/c1-7-5-8(11)6-10-9(7)3-4-12(10)2/h3-6H,11H2,1-2H3. The molecule has 2 aromatic rings. The van der Waals surface area contributed by atoms with E-state index in [4.69, 9.17) is 5.73 Å². The van der Waals surface area contributed by atoms with Gasteiger partial charge in [-0.15, -0.1) is 0 Å². The number of benzene rings is 1. The molecule has 0 fully saturated rings. The molecule has 12 heavy (non-hydrogen) atoms. The molecule has 62 valence electrons. The zero-order valence-electron chi connectivity index (χ0n) is 7.33.